The molecule has 0 fully saturated rings. The fraction of sp³-hybridized carbons (Fsp3) is 0.278. The van der Waals surface area contributed by atoms with Gasteiger partial charge >= 0.3 is 5.97 Å². The molecule has 2 rings (SSSR count). The first-order valence-electron chi connectivity index (χ1n) is 7.30. The van der Waals surface area contributed by atoms with E-state index < -0.39 is 5.97 Å². The van der Waals surface area contributed by atoms with Crippen molar-refractivity contribution in [1.82, 2.24) is 0 Å². The van der Waals surface area contributed by atoms with Gasteiger partial charge in [-0.2, -0.15) is 0 Å². The summed E-state index contributed by atoms with van der Waals surface area (Å²) in [4.78, 5) is 12.2. The predicted octanol–water partition coefficient (Wildman–Crippen LogP) is 4.17. The van der Waals surface area contributed by atoms with Crippen LogP contribution in [0, 0.1) is 0 Å². The molecule has 0 bridgehead atoms. The molecule has 3 nitrogen and oxygen atoms in total. The fourth-order valence-electron chi connectivity index (χ4n) is 1.94. The smallest absolute Gasteiger partial charge is 0.342 e. The maximum atomic E-state index is 12.2. The molecular formula is C18H19FO3. The second-order valence-corrected chi connectivity index (χ2v) is 4.80. The van der Waals surface area contributed by atoms with Gasteiger partial charge in [0, 0.05) is 0 Å². The molecular weight excluding hydrogens is 283 g/mol. The molecule has 0 heterocycles. The van der Waals surface area contributed by atoms with Gasteiger partial charge in [0.2, 0.25) is 0 Å². The minimum atomic E-state index is -0.426. The van der Waals surface area contributed by atoms with Gasteiger partial charge in [0.15, 0.2) is 0 Å². The molecule has 0 radical (unpaired) electrons. The second kappa shape index (κ2) is 8.82. The van der Waals surface area contributed by atoms with Crippen LogP contribution >= 0.6 is 0 Å². The Morgan fingerprint density at radius 2 is 1.68 bits per heavy atom. The van der Waals surface area contributed by atoms with E-state index in [4.69, 9.17) is 9.47 Å². The largest absolute Gasteiger partial charge is 0.493 e. The van der Waals surface area contributed by atoms with Gasteiger partial charge in [0.05, 0.1) is 13.3 Å². The second-order valence-electron chi connectivity index (χ2n) is 4.80. The zero-order chi connectivity index (χ0) is 15.6. The lowest BCUT2D eigenvalue weighted by Gasteiger charge is -2.11. The van der Waals surface area contributed by atoms with Crippen molar-refractivity contribution in [1.29, 1.82) is 0 Å². The number of ether oxygens (including phenoxy) is 2. The van der Waals surface area contributed by atoms with Crippen LogP contribution in [-0.4, -0.2) is 19.3 Å². The molecule has 0 aliphatic rings. The molecule has 0 saturated heterocycles. The van der Waals surface area contributed by atoms with Gasteiger partial charge in [0.1, 0.15) is 17.9 Å². The lowest BCUT2D eigenvalue weighted by molar-refractivity contribution is 0.0468. The molecule has 4 heteroatoms. The minimum absolute atomic E-state index is 0.218. The SMILES string of the molecule is O=C(OCc1ccccc1)c1ccccc1OCCCCF. The first-order valence-corrected chi connectivity index (χ1v) is 7.30. The van der Waals surface area contributed by atoms with Crippen LogP contribution in [0.2, 0.25) is 0 Å². The Hall–Kier alpha value is -2.36. The fourth-order valence-corrected chi connectivity index (χ4v) is 1.94. The number of hydrogen-bond acceptors (Lipinski definition) is 3. The number of unbranched alkanes of at least 4 members (excludes halogenated alkanes) is 1. The Labute approximate surface area is 129 Å². The highest BCUT2D eigenvalue weighted by Gasteiger charge is 2.13. The average Bonchev–Trinajstić information content (AvgIpc) is 2.58. The molecule has 0 amide bonds. The van der Waals surface area contributed by atoms with Crippen molar-refractivity contribution in [3.05, 3.63) is 65.7 Å². The normalized spacial score (nSPS) is 10.2. The number of hydrogen-bond donors (Lipinski definition) is 0. The van der Waals surface area contributed by atoms with Crippen LogP contribution in [0.4, 0.5) is 4.39 Å². The first kappa shape index (κ1) is 16.0. The van der Waals surface area contributed by atoms with Crippen LogP contribution in [0.3, 0.4) is 0 Å². The van der Waals surface area contributed by atoms with Gasteiger partial charge < -0.3 is 9.47 Å². The van der Waals surface area contributed by atoms with E-state index in [1.54, 1.807) is 24.3 Å². The standard InChI is InChI=1S/C18H19FO3/c19-12-6-7-13-21-17-11-5-4-10-16(17)18(20)22-14-15-8-2-1-3-9-15/h1-5,8-11H,6-7,12-14H2. The minimum Gasteiger partial charge on any atom is -0.493 e. The van der Waals surface area contributed by atoms with Gasteiger partial charge in [0.25, 0.3) is 0 Å². The van der Waals surface area contributed by atoms with Crippen molar-refractivity contribution in [2.24, 2.45) is 0 Å². The zero-order valence-electron chi connectivity index (χ0n) is 12.3. The van der Waals surface area contributed by atoms with E-state index in [9.17, 15) is 9.18 Å². The van der Waals surface area contributed by atoms with Crippen molar-refractivity contribution >= 4 is 5.97 Å². The molecule has 0 atom stereocenters. The molecule has 0 aliphatic heterocycles. The highest BCUT2D eigenvalue weighted by Crippen LogP contribution is 2.20. The van der Waals surface area contributed by atoms with Crippen molar-refractivity contribution in [3.63, 3.8) is 0 Å². The van der Waals surface area contributed by atoms with Crippen LogP contribution in [-0.2, 0) is 11.3 Å². The predicted molar refractivity (Wildman–Crippen MR) is 82.7 cm³/mol. The zero-order valence-corrected chi connectivity index (χ0v) is 12.3. The first-order chi connectivity index (χ1) is 10.8. The molecule has 0 saturated carbocycles. The van der Waals surface area contributed by atoms with E-state index in [1.807, 2.05) is 30.3 Å². The summed E-state index contributed by atoms with van der Waals surface area (Å²) in [6, 6.07) is 16.4. The number of carbonyl (C=O) groups excluding carboxylic acids is 1. The molecule has 0 unspecified atom stereocenters. The summed E-state index contributed by atoms with van der Waals surface area (Å²) in [7, 11) is 0. The summed E-state index contributed by atoms with van der Waals surface area (Å²) in [6.45, 7) is 0.243. The van der Waals surface area contributed by atoms with Gasteiger partial charge in [-0.3, -0.25) is 4.39 Å². The number of esters is 1. The molecule has 22 heavy (non-hydrogen) atoms. The number of para-hydroxylation sites is 1. The van der Waals surface area contributed by atoms with E-state index in [-0.39, 0.29) is 13.3 Å². The molecule has 0 spiro atoms. The van der Waals surface area contributed by atoms with Gasteiger partial charge in [-0.15, -0.1) is 0 Å². The quantitative estimate of drug-likeness (QED) is 0.542. The number of rotatable bonds is 8. The van der Waals surface area contributed by atoms with E-state index in [2.05, 4.69) is 0 Å². The summed E-state index contributed by atoms with van der Waals surface area (Å²) in [5.41, 5.74) is 1.32. The Kier molecular flexibility index (Phi) is 6.42. The van der Waals surface area contributed by atoms with Gasteiger partial charge in [-0.25, -0.2) is 4.79 Å². The molecule has 0 aromatic heterocycles. The van der Waals surface area contributed by atoms with Crippen molar-refractivity contribution in [2.75, 3.05) is 13.3 Å². The summed E-state index contributed by atoms with van der Waals surface area (Å²) >= 11 is 0. The third kappa shape index (κ3) is 4.88. The Balaban J connectivity index is 1.94. The van der Waals surface area contributed by atoms with Crippen molar-refractivity contribution < 1.29 is 18.7 Å². The highest BCUT2D eigenvalue weighted by atomic mass is 19.1. The van der Waals surface area contributed by atoms with E-state index in [1.165, 1.54) is 0 Å². The van der Waals surface area contributed by atoms with Crippen LogP contribution in [0.1, 0.15) is 28.8 Å². The number of carbonyl (C=O) groups is 1. The van der Waals surface area contributed by atoms with E-state index >= 15 is 0 Å². The average molecular weight is 302 g/mol. The van der Waals surface area contributed by atoms with Crippen LogP contribution in [0.15, 0.2) is 54.6 Å². The maximum Gasteiger partial charge on any atom is 0.342 e. The number of benzene rings is 2. The van der Waals surface area contributed by atoms with Crippen molar-refractivity contribution in [3.8, 4) is 5.75 Å². The lowest BCUT2D eigenvalue weighted by Crippen LogP contribution is -2.09. The highest BCUT2D eigenvalue weighted by molar-refractivity contribution is 5.92. The molecule has 2 aromatic rings. The Bertz CT molecular complexity index is 584. The number of halogens is 1. The summed E-state index contributed by atoms with van der Waals surface area (Å²) in [5.74, 6) is 0.0457. The van der Waals surface area contributed by atoms with Crippen LogP contribution < -0.4 is 4.74 Å². The lowest BCUT2D eigenvalue weighted by atomic mass is 10.2. The van der Waals surface area contributed by atoms with E-state index in [0.717, 1.165) is 5.56 Å². The van der Waals surface area contributed by atoms with Crippen molar-refractivity contribution in [2.45, 2.75) is 19.4 Å². The third-order valence-corrected chi connectivity index (χ3v) is 3.11. The third-order valence-electron chi connectivity index (χ3n) is 3.11. The Morgan fingerprint density at radius 1 is 0.955 bits per heavy atom. The van der Waals surface area contributed by atoms with E-state index in [0.29, 0.717) is 30.8 Å². The molecule has 0 N–H and O–H groups in total. The molecule has 116 valence electrons. The Morgan fingerprint density at radius 3 is 2.45 bits per heavy atom. The monoisotopic (exact) mass is 302 g/mol. The molecule has 0 aliphatic carbocycles. The van der Waals surface area contributed by atoms with Crippen LogP contribution in [0.25, 0.3) is 0 Å². The number of alkyl halides is 1. The maximum absolute atomic E-state index is 12.2. The van der Waals surface area contributed by atoms with Gasteiger partial charge in [-0.05, 0) is 30.5 Å². The molecule has 2 aromatic carbocycles. The summed E-state index contributed by atoms with van der Waals surface area (Å²) in [5, 5.41) is 0. The topological polar surface area (TPSA) is 35.5 Å². The van der Waals surface area contributed by atoms with Crippen LogP contribution in [0.5, 0.6) is 5.75 Å². The summed E-state index contributed by atoms with van der Waals surface area (Å²) < 4.78 is 22.9. The summed E-state index contributed by atoms with van der Waals surface area (Å²) in [6.07, 6.45) is 1.07. The van der Waals surface area contributed by atoms with Gasteiger partial charge in [-0.1, -0.05) is 42.5 Å².